The number of ether oxygens (including phenoxy) is 4. The Kier molecular flexibility index (Phi) is 9.87. The Morgan fingerprint density at radius 3 is 1.27 bits per heavy atom. The SMILES string of the molecule is COc1cccc2c1[PH+](C(C)(C)C)[C@H]([C@@H]1Oc3cccc(OC)c3[PH+]1C(C)(C)C)O2.[CH3-].[CH3-].[Rh+2]. The van der Waals surface area contributed by atoms with Gasteiger partial charge in [0.1, 0.15) is 0 Å². The topological polar surface area (TPSA) is 36.9 Å². The first-order valence-electron chi connectivity index (χ1n) is 10.5. The van der Waals surface area contributed by atoms with Gasteiger partial charge in [0.15, 0.2) is 33.6 Å². The smallest absolute Gasteiger partial charge is 0.492 e. The summed E-state index contributed by atoms with van der Waals surface area (Å²) >= 11 is 0. The summed E-state index contributed by atoms with van der Waals surface area (Å²) in [6.07, 6.45) is 0. The van der Waals surface area contributed by atoms with Crippen LogP contribution in [0.1, 0.15) is 41.5 Å². The van der Waals surface area contributed by atoms with Gasteiger partial charge in [0.2, 0.25) is 0 Å². The van der Waals surface area contributed by atoms with E-state index in [1.807, 2.05) is 12.1 Å². The molecule has 0 amide bonds. The Hall–Kier alpha value is -0.877. The molecule has 0 bridgehead atoms. The molecule has 2 heterocycles. The van der Waals surface area contributed by atoms with Gasteiger partial charge in [0.05, 0.1) is 40.4 Å². The fraction of sp³-hybridized carbons (Fsp3) is 0.462. The van der Waals surface area contributed by atoms with Crippen molar-refractivity contribution in [1.82, 2.24) is 0 Å². The van der Waals surface area contributed by atoms with Crippen LogP contribution in [0.2, 0.25) is 0 Å². The number of hydrogen-bond acceptors (Lipinski definition) is 4. The monoisotopic (exact) mass is 581 g/mol. The molecule has 0 saturated carbocycles. The molecule has 2 aliphatic heterocycles. The maximum atomic E-state index is 6.73. The molecular formula is C26H40O4P2Rh+2. The minimum absolute atomic E-state index is 0. The van der Waals surface area contributed by atoms with Gasteiger partial charge in [-0.2, -0.15) is 0 Å². The van der Waals surface area contributed by atoms with Crippen LogP contribution in [0.4, 0.5) is 0 Å². The third-order valence-corrected chi connectivity index (χ3v) is 13.5. The zero-order valence-corrected chi connectivity index (χ0v) is 25.2. The van der Waals surface area contributed by atoms with Gasteiger partial charge in [0, 0.05) is 0 Å². The van der Waals surface area contributed by atoms with Crippen LogP contribution in [0.5, 0.6) is 23.0 Å². The first-order valence-corrected chi connectivity index (χ1v) is 13.7. The molecule has 0 saturated heterocycles. The van der Waals surface area contributed by atoms with E-state index in [2.05, 4.69) is 65.8 Å². The van der Waals surface area contributed by atoms with E-state index >= 15 is 0 Å². The normalized spacial score (nSPS) is 22.9. The Bertz CT molecular complexity index is 875. The van der Waals surface area contributed by atoms with Crippen LogP contribution in [0, 0.1) is 14.9 Å². The Balaban J connectivity index is 0.00000181. The van der Waals surface area contributed by atoms with Crippen molar-refractivity contribution in [1.29, 1.82) is 0 Å². The van der Waals surface area contributed by atoms with Crippen molar-refractivity contribution in [3.05, 3.63) is 51.3 Å². The summed E-state index contributed by atoms with van der Waals surface area (Å²) in [4.78, 5) is 0. The van der Waals surface area contributed by atoms with Crippen LogP contribution in [-0.4, -0.2) is 36.2 Å². The molecule has 0 aromatic heterocycles. The number of rotatable bonds is 3. The zero-order valence-electron chi connectivity index (χ0n) is 21.6. The van der Waals surface area contributed by atoms with Gasteiger partial charge in [0.25, 0.3) is 11.7 Å². The minimum atomic E-state index is -1.16. The molecule has 4 rings (SSSR count). The van der Waals surface area contributed by atoms with E-state index in [9.17, 15) is 0 Å². The van der Waals surface area contributed by atoms with Crippen LogP contribution < -0.4 is 29.6 Å². The molecule has 0 fully saturated rings. The fourth-order valence-electron chi connectivity index (χ4n) is 4.80. The van der Waals surface area contributed by atoms with E-state index in [1.165, 1.54) is 10.6 Å². The molecule has 33 heavy (non-hydrogen) atoms. The molecule has 185 valence electrons. The van der Waals surface area contributed by atoms with Crippen molar-refractivity contribution in [2.24, 2.45) is 0 Å². The molecule has 4 atom stereocenters. The maximum absolute atomic E-state index is 6.73. The van der Waals surface area contributed by atoms with Crippen molar-refractivity contribution in [3.8, 4) is 23.0 Å². The predicted molar refractivity (Wildman–Crippen MR) is 143 cm³/mol. The van der Waals surface area contributed by atoms with Crippen LogP contribution >= 0.6 is 15.8 Å². The van der Waals surface area contributed by atoms with E-state index in [4.69, 9.17) is 18.9 Å². The van der Waals surface area contributed by atoms with Crippen molar-refractivity contribution in [3.63, 3.8) is 0 Å². The average molecular weight is 581 g/mol. The van der Waals surface area contributed by atoms with Crippen LogP contribution in [0.25, 0.3) is 0 Å². The van der Waals surface area contributed by atoms with Crippen LogP contribution in [0.3, 0.4) is 0 Å². The third kappa shape index (κ3) is 5.22. The number of fused-ring (bicyclic) bond motifs is 2. The predicted octanol–water partition coefficient (Wildman–Crippen LogP) is 6.02. The fourth-order valence-corrected chi connectivity index (χ4v) is 12.5. The minimum Gasteiger partial charge on any atom is -0.492 e. The van der Waals surface area contributed by atoms with E-state index in [0.717, 1.165) is 23.0 Å². The van der Waals surface area contributed by atoms with Gasteiger partial charge in [-0.1, -0.05) is 12.1 Å². The molecule has 0 aliphatic carbocycles. The second-order valence-electron chi connectivity index (χ2n) is 10.1. The van der Waals surface area contributed by atoms with Gasteiger partial charge in [-0.25, -0.2) is 0 Å². The summed E-state index contributed by atoms with van der Waals surface area (Å²) in [5.74, 6) is 3.85. The summed E-state index contributed by atoms with van der Waals surface area (Å²) in [5, 5.41) is 2.71. The Labute approximate surface area is 216 Å². The summed E-state index contributed by atoms with van der Waals surface area (Å²) in [6.45, 7) is 13.9. The molecule has 2 aromatic carbocycles. The molecule has 2 aliphatic rings. The molecule has 2 unspecified atom stereocenters. The van der Waals surface area contributed by atoms with Crippen LogP contribution in [0.15, 0.2) is 36.4 Å². The molecule has 7 heteroatoms. The summed E-state index contributed by atoms with van der Waals surface area (Å²) < 4.78 is 25.0. The van der Waals surface area contributed by atoms with E-state index in [-0.39, 0.29) is 56.3 Å². The Morgan fingerprint density at radius 2 is 1.00 bits per heavy atom. The molecule has 1 radical (unpaired) electrons. The largest absolute Gasteiger partial charge is 2.00 e. The molecule has 2 aromatic rings. The van der Waals surface area contributed by atoms with Gasteiger partial charge < -0.3 is 33.8 Å². The molecule has 0 spiro atoms. The second kappa shape index (κ2) is 10.8. The first kappa shape index (κ1) is 30.2. The van der Waals surface area contributed by atoms with Crippen molar-refractivity contribution < 1.29 is 38.4 Å². The summed E-state index contributed by atoms with van der Waals surface area (Å²) in [6, 6.07) is 12.3. The summed E-state index contributed by atoms with van der Waals surface area (Å²) in [7, 11) is 1.18. The quantitative estimate of drug-likeness (QED) is 0.253. The second-order valence-corrected chi connectivity index (χ2v) is 16.9. The number of hydrogen-bond donors (Lipinski definition) is 0. The maximum Gasteiger partial charge on any atom is 2.00 e. The van der Waals surface area contributed by atoms with Crippen molar-refractivity contribution in [2.75, 3.05) is 14.2 Å². The van der Waals surface area contributed by atoms with Crippen molar-refractivity contribution >= 4 is 26.5 Å². The average Bonchev–Trinajstić information content (AvgIpc) is 3.25. The number of benzene rings is 2. The van der Waals surface area contributed by atoms with E-state index in [0.29, 0.717) is 0 Å². The van der Waals surface area contributed by atoms with Gasteiger partial charge in [-0.15, -0.1) is 0 Å². The van der Waals surface area contributed by atoms with E-state index in [1.54, 1.807) is 14.2 Å². The zero-order chi connectivity index (χ0) is 21.8. The van der Waals surface area contributed by atoms with Crippen molar-refractivity contribution in [2.45, 2.75) is 63.5 Å². The standard InChI is InChI=1S/C24H32O4P2.2CH3.Rh/c1-23(2,3)29-19-15(25-7)11-9-13-17(19)27-21(29)22-28-18-14-10-12-16(26-8)20(18)30(22)24(4,5)6;;;/h9-14,21-22H,1-8H3;2*1H3;/q;2*-1;+2/p+2/t21-,22-,29?,30?;;;/m1.../s1. The van der Waals surface area contributed by atoms with Gasteiger partial charge in [-0.3, -0.25) is 0 Å². The van der Waals surface area contributed by atoms with Crippen LogP contribution in [-0.2, 0) is 19.5 Å². The summed E-state index contributed by atoms with van der Waals surface area (Å²) in [5.41, 5.74) is 0. The molecular weight excluding hydrogens is 541 g/mol. The van der Waals surface area contributed by atoms with Gasteiger partial charge >= 0.3 is 19.5 Å². The Morgan fingerprint density at radius 1 is 0.667 bits per heavy atom. The number of methoxy groups -OCH3 is 2. The first-order chi connectivity index (χ1) is 14.1. The molecule has 4 nitrogen and oxygen atoms in total. The van der Waals surface area contributed by atoms with Gasteiger partial charge in [-0.05, 0) is 65.8 Å². The van der Waals surface area contributed by atoms with E-state index < -0.39 is 15.8 Å². The molecule has 0 N–H and O–H groups in total. The third-order valence-electron chi connectivity index (χ3n) is 5.92.